The standard InChI is InChI=1S/C6H13NO3.ClH/c1-6(7-2,4-10-3)5(8)9;/h7H,4H2,1-3H3,(H,8,9);1H. The van der Waals surface area contributed by atoms with Crippen LogP contribution in [0.4, 0.5) is 0 Å². The monoisotopic (exact) mass is 183 g/mol. The van der Waals surface area contributed by atoms with Crippen molar-refractivity contribution >= 4 is 18.4 Å². The summed E-state index contributed by atoms with van der Waals surface area (Å²) in [5.41, 5.74) is -0.964. The van der Waals surface area contributed by atoms with Crippen LogP contribution in [0.5, 0.6) is 0 Å². The smallest absolute Gasteiger partial charge is 0.326 e. The maximum atomic E-state index is 10.5. The Kier molecular flexibility index (Phi) is 6.46. The predicted molar refractivity (Wildman–Crippen MR) is 44.2 cm³/mol. The molecule has 0 rings (SSSR count). The van der Waals surface area contributed by atoms with E-state index < -0.39 is 11.5 Å². The van der Waals surface area contributed by atoms with E-state index in [-0.39, 0.29) is 19.0 Å². The molecular weight excluding hydrogens is 170 g/mol. The number of carboxylic acid groups (broad SMARTS) is 1. The summed E-state index contributed by atoms with van der Waals surface area (Å²) in [5, 5.41) is 11.3. The van der Waals surface area contributed by atoms with Crippen molar-refractivity contribution in [3.05, 3.63) is 0 Å². The van der Waals surface area contributed by atoms with E-state index >= 15 is 0 Å². The minimum absolute atomic E-state index is 0. The first kappa shape index (κ1) is 13.3. The van der Waals surface area contributed by atoms with Gasteiger partial charge in [-0.15, -0.1) is 12.4 Å². The summed E-state index contributed by atoms with van der Waals surface area (Å²) in [6.07, 6.45) is 0. The molecule has 4 nitrogen and oxygen atoms in total. The summed E-state index contributed by atoms with van der Waals surface area (Å²) in [4.78, 5) is 10.5. The van der Waals surface area contributed by atoms with E-state index in [2.05, 4.69) is 5.32 Å². The molecule has 1 atom stereocenters. The number of hydrogen-bond donors (Lipinski definition) is 2. The first-order valence-corrected chi connectivity index (χ1v) is 2.98. The molecular formula is C6H14ClNO3. The number of likely N-dealkylation sites (N-methyl/N-ethyl adjacent to an activating group) is 1. The average molecular weight is 184 g/mol. The molecule has 0 heterocycles. The third kappa shape index (κ3) is 3.55. The second-order valence-electron chi connectivity index (χ2n) is 2.32. The quantitative estimate of drug-likeness (QED) is 0.650. The summed E-state index contributed by atoms with van der Waals surface area (Å²) >= 11 is 0. The van der Waals surface area contributed by atoms with Gasteiger partial charge in [-0.2, -0.15) is 0 Å². The molecule has 0 spiro atoms. The Labute approximate surface area is 72.3 Å². The highest BCUT2D eigenvalue weighted by Gasteiger charge is 2.30. The number of hydrogen-bond acceptors (Lipinski definition) is 3. The van der Waals surface area contributed by atoms with Gasteiger partial charge in [0.1, 0.15) is 5.54 Å². The lowest BCUT2D eigenvalue weighted by Crippen LogP contribution is -2.51. The lowest BCUT2D eigenvalue weighted by atomic mass is 10.1. The first-order valence-electron chi connectivity index (χ1n) is 2.98. The van der Waals surface area contributed by atoms with Crippen molar-refractivity contribution in [2.75, 3.05) is 20.8 Å². The zero-order valence-electron chi connectivity index (χ0n) is 6.88. The molecule has 0 aromatic carbocycles. The van der Waals surface area contributed by atoms with Crippen LogP contribution in [0.3, 0.4) is 0 Å². The third-order valence-electron chi connectivity index (χ3n) is 1.46. The highest BCUT2D eigenvalue weighted by atomic mass is 35.5. The van der Waals surface area contributed by atoms with Crippen molar-refractivity contribution < 1.29 is 14.6 Å². The SMILES string of the molecule is CNC(C)(COC)C(=O)O.Cl. The van der Waals surface area contributed by atoms with Crippen LogP contribution < -0.4 is 5.32 Å². The molecule has 0 radical (unpaired) electrons. The van der Waals surface area contributed by atoms with Crippen LogP contribution in [0.2, 0.25) is 0 Å². The van der Waals surface area contributed by atoms with Crippen LogP contribution in [-0.2, 0) is 9.53 Å². The summed E-state index contributed by atoms with van der Waals surface area (Å²) in [6, 6.07) is 0. The molecule has 0 aliphatic heterocycles. The number of nitrogens with one attached hydrogen (secondary N) is 1. The Morgan fingerprint density at radius 2 is 2.18 bits per heavy atom. The van der Waals surface area contributed by atoms with Crippen molar-refractivity contribution in [3.8, 4) is 0 Å². The van der Waals surface area contributed by atoms with Gasteiger partial charge in [0.25, 0.3) is 0 Å². The number of methoxy groups -OCH3 is 1. The van der Waals surface area contributed by atoms with Gasteiger partial charge in [0.2, 0.25) is 0 Å². The fourth-order valence-corrected chi connectivity index (χ4v) is 0.530. The minimum atomic E-state index is -0.964. The molecule has 1 unspecified atom stereocenters. The van der Waals surface area contributed by atoms with Crippen molar-refractivity contribution in [2.24, 2.45) is 0 Å². The maximum Gasteiger partial charge on any atom is 0.326 e. The Morgan fingerprint density at radius 3 is 2.27 bits per heavy atom. The number of carboxylic acids is 1. The van der Waals surface area contributed by atoms with Gasteiger partial charge in [0.05, 0.1) is 6.61 Å². The summed E-state index contributed by atoms with van der Waals surface area (Å²) in [6.45, 7) is 1.73. The van der Waals surface area contributed by atoms with Crippen LogP contribution in [0.15, 0.2) is 0 Å². The van der Waals surface area contributed by atoms with Crippen molar-refractivity contribution in [1.82, 2.24) is 5.32 Å². The van der Waals surface area contributed by atoms with E-state index in [0.717, 1.165) is 0 Å². The van der Waals surface area contributed by atoms with E-state index in [9.17, 15) is 4.79 Å². The van der Waals surface area contributed by atoms with Crippen LogP contribution in [0, 0.1) is 0 Å². The molecule has 68 valence electrons. The lowest BCUT2D eigenvalue weighted by molar-refractivity contribution is -0.146. The Morgan fingerprint density at radius 1 is 1.73 bits per heavy atom. The average Bonchev–Trinajstić information content (AvgIpc) is 1.88. The topological polar surface area (TPSA) is 58.6 Å². The number of aliphatic carboxylic acids is 1. The van der Waals surface area contributed by atoms with Gasteiger partial charge in [-0.3, -0.25) is 4.79 Å². The Hall–Kier alpha value is -0.320. The zero-order valence-corrected chi connectivity index (χ0v) is 7.70. The first-order chi connectivity index (χ1) is 4.56. The molecule has 0 aliphatic rings. The molecule has 0 bridgehead atoms. The number of carbonyl (C=O) groups is 1. The van der Waals surface area contributed by atoms with Gasteiger partial charge in [0.15, 0.2) is 0 Å². The normalized spacial score (nSPS) is 14.8. The number of halogens is 1. The highest BCUT2D eigenvalue weighted by molar-refractivity contribution is 5.85. The number of rotatable bonds is 4. The maximum absolute atomic E-state index is 10.5. The summed E-state index contributed by atoms with van der Waals surface area (Å²) < 4.78 is 4.72. The van der Waals surface area contributed by atoms with Gasteiger partial charge >= 0.3 is 5.97 Å². The molecule has 0 aliphatic carbocycles. The Bertz CT molecular complexity index is 131. The molecule has 0 saturated carbocycles. The van der Waals surface area contributed by atoms with Gasteiger partial charge in [-0.25, -0.2) is 0 Å². The van der Waals surface area contributed by atoms with E-state index in [1.54, 1.807) is 14.0 Å². The predicted octanol–water partition coefficient (Wildman–Crippen LogP) is 0.117. The van der Waals surface area contributed by atoms with Crippen molar-refractivity contribution in [1.29, 1.82) is 0 Å². The van der Waals surface area contributed by atoms with Gasteiger partial charge in [-0.05, 0) is 14.0 Å². The molecule has 0 amide bonds. The molecule has 0 fully saturated rings. The summed E-state index contributed by atoms with van der Waals surface area (Å²) in [7, 11) is 3.06. The molecule has 11 heavy (non-hydrogen) atoms. The number of ether oxygens (including phenoxy) is 1. The lowest BCUT2D eigenvalue weighted by Gasteiger charge is -2.22. The Balaban J connectivity index is 0. The highest BCUT2D eigenvalue weighted by Crippen LogP contribution is 2.02. The van der Waals surface area contributed by atoms with Crippen LogP contribution >= 0.6 is 12.4 Å². The largest absolute Gasteiger partial charge is 0.480 e. The van der Waals surface area contributed by atoms with Gasteiger partial charge < -0.3 is 15.2 Å². The fourth-order valence-electron chi connectivity index (χ4n) is 0.530. The molecule has 0 saturated heterocycles. The van der Waals surface area contributed by atoms with Crippen LogP contribution in [-0.4, -0.2) is 37.4 Å². The van der Waals surface area contributed by atoms with E-state index in [1.807, 2.05) is 0 Å². The third-order valence-corrected chi connectivity index (χ3v) is 1.46. The molecule has 5 heteroatoms. The zero-order chi connectivity index (χ0) is 8.20. The second-order valence-corrected chi connectivity index (χ2v) is 2.32. The van der Waals surface area contributed by atoms with Crippen LogP contribution in [0.25, 0.3) is 0 Å². The van der Waals surface area contributed by atoms with Gasteiger partial charge in [0, 0.05) is 7.11 Å². The van der Waals surface area contributed by atoms with E-state index in [0.29, 0.717) is 0 Å². The van der Waals surface area contributed by atoms with Crippen molar-refractivity contribution in [3.63, 3.8) is 0 Å². The van der Waals surface area contributed by atoms with Crippen LogP contribution in [0.1, 0.15) is 6.92 Å². The van der Waals surface area contributed by atoms with Crippen molar-refractivity contribution in [2.45, 2.75) is 12.5 Å². The molecule has 2 N–H and O–H groups in total. The van der Waals surface area contributed by atoms with E-state index in [1.165, 1.54) is 7.11 Å². The summed E-state index contributed by atoms with van der Waals surface area (Å²) in [5.74, 6) is -0.906. The van der Waals surface area contributed by atoms with Gasteiger partial charge in [-0.1, -0.05) is 0 Å². The minimum Gasteiger partial charge on any atom is -0.480 e. The molecule has 0 aromatic heterocycles. The molecule has 0 aromatic rings. The second kappa shape index (κ2) is 5.35. The fraction of sp³-hybridized carbons (Fsp3) is 0.833. The van der Waals surface area contributed by atoms with E-state index in [4.69, 9.17) is 9.84 Å².